The maximum atomic E-state index is 5.08. The number of hydrogen-bond acceptors (Lipinski definition) is 3. The minimum Gasteiger partial charge on any atom is -0.309 e. The fraction of sp³-hybridized carbons (Fsp3) is 0. The van der Waals surface area contributed by atoms with Crippen molar-refractivity contribution in [3.05, 3.63) is 188 Å². The van der Waals surface area contributed by atoms with E-state index in [1.807, 2.05) is 60.7 Å². The summed E-state index contributed by atoms with van der Waals surface area (Å²) in [5, 5.41) is 7.38. The Balaban J connectivity index is 1.14. The van der Waals surface area contributed by atoms with Crippen molar-refractivity contribution in [3.63, 3.8) is 0 Å². The molecule has 12 rings (SSSR count). The zero-order chi connectivity index (χ0) is 36.7. The van der Waals surface area contributed by atoms with Crippen molar-refractivity contribution >= 4 is 59.9 Å². The van der Waals surface area contributed by atoms with Gasteiger partial charge in [-0.3, -0.25) is 0 Å². The van der Waals surface area contributed by atoms with Crippen LogP contribution in [0.4, 0.5) is 0 Å². The molecule has 5 nitrogen and oxygen atoms in total. The lowest BCUT2D eigenvalue weighted by molar-refractivity contribution is 1.07. The van der Waals surface area contributed by atoms with Crippen LogP contribution in [0.25, 0.3) is 111 Å². The lowest BCUT2D eigenvalue weighted by Gasteiger charge is -2.12. The fourth-order valence-corrected chi connectivity index (χ4v) is 8.83. The maximum Gasteiger partial charge on any atom is 0.164 e. The van der Waals surface area contributed by atoms with Crippen LogP contribution in [-0.4, -0.2) is 23.9 Å². The minimum absolute atomic E-state index is 0.639. The lowest BCUT2D eigenvalue weighted by atomic mass is 9.97. The molecule has 0 aliphatic carbocycles. The van der Waals surface area contributed by atoms with Gasteiger partial charge in [0, 0.05) is 60.3 Å². The molecule has 56 heavy (non-hydrogen) atoms. The van der Waals surface area contributed by atoms with Crippen molar-refractivity contribution in [3.8, 4) is 51.0 Å². The van der Waals surface area contributed by atoms with Gasteiger partial charge in [-0.25, -0.2) is 15.0 Å². The Kier molecular flexibility index (Phi) is 6.56. The maximum absolute atomic E-state index is 5.08. The molecule has 0 bridgehead atoms. The molecule has 260 valence electrons. The van der Waals surface area contributed by atoms with Crippen LogP contribution in [-0.2, 0) is 0 Å². The molecule has 4 heterocycles. The van der Waals surface area contributed by atoms with E-state index in [9.17, 15) is 0 Å². The second kappa shape index (κ2) is 11.9. The second-order valence-corrected chi connectivity index (χ2v) is 14.4. The molecule has 4 aromatic heterocycles. The van der Waals surface area contributed by atoms with E-state index >= 15 is 0 Å². The SMILES string of the molecule is c1ccc(-c2nc(-c3ccccc3)nc(-c3ccc4c(c3)c3cccc(-c5cc6c7ccccc7n7c8ccccc8c(c5)c67)c3n4-c3ccccc3)n2)cc1. The van der Waals surface area contributed by atoms with Gasteiger partial charge in [-0.2, -0.15) is 0 Å². The van der Waals surface area contributed by atoms with Crippen LogP contribution in [0.15, 0.2) is 188 Å². The van der Waals surface area contributed by atoms with Crippen molar-refractivity contribution < 1.29 is 0 Å². The van der Waals surface area contributed by atoms with E-state index in [0.29, 0.717) is 17.5 Å². The summed E-state index contributed by atoms with van der Waals surface area (Å²) < 4.78 is 4.86. The molecule has 0 unspecified atom stereocenters. The van der Waals surface area contributed by atoms with E-state index in [0.717, 1.165) is 38.8 Å². The molecule has 0 spiro atoms. The zero-order valence-electron chi connectivity index (χ0n) is 30.1. The van der Waals surface area contributed by atoms with Gasteiger partial charge in [-0.1, -0.05) is 133 Å². The first kappa shape index (κ1) is 30.8. The minimum atomic E-state index is 0.639. The van der Waals surface area contributed by atoms with Crippen LogP contribution in [0.2, 0.25) is 0 Å². The van der Waals surface area contributed by atoms with Gasteiger partial charge in [0.25, 0.3) is 0 Å². The van der Waals surface area contributed by atoms with E-state index in [1.54, 1.807) is 0 Å². The molecule has 12 aromatic rings. The molecular weight excluding hydrogens is 683 g/mol. The van der Waals surface area contributed by atoms with Crippen LogP contribution in [0.1, 0.15) is 0 Å². The number of aromatic nitrogens is 5. The summed E-state index contributed by atoms with van der Waals surface area (Å²) in [6.07, 6.45) is 0. The van der Waals surface area contributed by atoms with Crippen molar-refractivity contribution in [2.75, 3.05) is 0 Å². The average Bonchev–Trinajstić information content (AvgIpc) is 3.92. The van der Waals surface area contributed by atoms with Crippen molar-refractivity contribution in [2.45, 2.75) is 0 Å². The highest BCUT2D eigenvalue weighted by molar-refractivity contribution is 6.25. The van der Waals surface area contributed by atoms with Crippen molar-refractivity contribution in [2.24, 2.45) is 0 Å². The van der Waals surface area contributed by atoms with Gasteiger partial charge in [0.05, 0.1) is 27.6 Å². The summed E-state index contributed by atoms with van der Waals surface area (Å²) in [6.45, 7) is 0. The van der Waals surface area contributed by atoms with Gasteiger partial charge >= 0.3 is 0 Å². The first-order valence-electron chi connectivity index (χ1n) is 19.0. The first-order chi connectivity index (χ1) is 27.8. The zero-order valence-corrected chi connectivity index (χ0v) is 30.1. The summed E-state index contributed by atoms with van der Waals surface area (Å²) in [4.78, 5) is 15.1. The van der Waals surface area contributed by atoms with E-state index < -0.39 is 0 Å². The summed E-state index contributed by atoms with van der Waals surface area (Å²) in [5.74, 6) is 1.94. The molecule has 0 fully saturated rings. The topological polar surface area (TPSA) is 48.0 Å². The van der Waals surface area contributed by atoms with Gasteiger partial charge in [0.2, 0.25) is 0 Å². The summed E-state index contributed by atoms with van der Waals surface area (Å²) in [5.41, 5.74) is 12.3. The highest BCUT2D eigenvalue weighted by atomic mass is 15.0. The molecule has 0 radical (unpaired) electrons. The van der Waals surface area contributed by atoms with Crippen molar-refractivity contribution in [1.29, 1.82) is 0 Å². The third-order valence-electron chi connectivity index (χ3n) is 11.3. The van der Waals surface area contributed by atoms with Crippen molar-refractivity contribution in [1.82, 2.24) is 23.9 Å². The smallest absolute Gasteiger partial charge is 0.164 e. The van der Waals surface area contributed by atoms with E-state index in [-0.39, 0.29) is 0 Å². The number of rotatable bonds is 5. The van der Waals surface area contributed by atoms with E-state index in [2.05, 4.69) is 136 Å². The number of hydrogen-bond donors (Lipinski definition) is 0. The third-order valence-corrected chi connectivity index (χ3v) is 11.3. The normalized spacial score (nSPS) is 11.9. The molecule has 0 aliphatic heterocycles. The summed E-state index contributed by atoms with van der Waals surface area (Å²) >= 11 is 0. The molecule has 0 saturated carbocycles. The van der Waals surface area contributed by atoms with Gasteiger partial charge in [-0.05, 0) is 60.2 Å². The number of fused-ring (bicyclic) bond motifs is 9. The van der Waals surface area contributed by atoms with Gasteiger partial charge in [0.1, 0.15) is 0 Å². The van der Waals surface area contributed by atoms with Crippen LogP contribution in [0.3, 0.4) is 0 Å². The van der Waals surface area contributed by atoms with E-state index in [4.69, 9.17) is 15.0 Å². The van der Waals surface area contributed by atoms with Gasteiger partial charge in [0.15, 0.2) is 17.5 Å². The first-order valence-corrected chi connectivity index (χ1v) is 19.0. The number of nitrogens with zero attached hydrogens (tertiary/aromatic N) is 5. The molecule has 0 aliphatic rings. The quantitative estimate of drug-likeness (QED) is 0.178. The van der Waals surface area contributed by atoms with Crippen LogP contribution >= 0.6 is 0 Å². The molecule has 0 atom stereocenters. The van der Waals surface area contributed by atoms with Gasteiger partial charge in [-0.15, -0.1) is 0 Å². The second-order valence-electron chi connectivity index (χ2n) is 14.4. The Bertz CT molecular complexity index is 3310. The Hall–Kier alpha value is -7.63. The molecule has 5 heteroatoms. The molecular formula is C51H31N5. The average molecular weight is 714 g/mol. The summed E-state index contributed by atoms with van der Waals surface area (Å²) in [7, 11) is 0. The fourth-order valence-electron chi connectivity index (χ4n) is 8.83. The third kappa shape index (κ3) is 4.52. The molecule has 0 amide bonds. The van der Waals surface area contributed by atoms with E-state index in [1.165, 1.54) is 54.6 Å². The number of para-hydroxylation sites is 4. The standard InChI is InChI=1S/C51H31N5/c1-4-15-32(16-5-1)49-52-50(33-17-6-2-7-18-33)54-51(53-49)34-27-28-46-41(29-34)40-24-14-23-37(47(40)55(46)36-19-8-3-9-20-36)35-30-42-38-21-10-12-25-44(38)56-45-26-13-11-22-39(45)43(31-35)48(42)56/h1-31H. The highest BCUT2D eigenvalue weighted by Crippen LogP contribution is 2.45. The predicted octanol–water partition coefficient (Wildman–Crippen LogP) is 12.8. The molecule has 0 saturated heterocycles. The molecule has 0 N–H and O–H groups in total. The highest BCUT2D eigenvalue weighted by Gasteiger charge is 2.22. The van der Waals surface area contributed by atoms with Crippen LogP contribution in [0, 0.1) is 0 Å². The Morgan fingerprint density at radius 1 is 0.304 bits per heavy atom. The monoisotopic (exact) mass is 713 g/mol. The Labute approximate surface area is 321 Å². The Morgan fingerprint density at radius 3 is 1.41 bits per heavy atom. The van der Waals surface area contributed by atoms with Gasteiger partial charge < -0.3 is 8.97 Å². The number of benzene rings is 8. The largest absolute Gasteiger partial charge is 0.309 e. The summed E-state index contributed by atoms with van der Waals surface area (Å²) in [6, 6.07) is 66.7. The predicted molar refractivity (Wildman–Crippen MR) is 231 cm³/mol. The molecule has 8 aromatic carbocycles. The van der Waals surface area contributed by atoms with Crippen LogP contribution in [0.5, 0.6) is 0 Å². The van der Waals surface area contributed by atoms with Crippen LogP contribution < -0.4 is 0 Å². The Morgan fingerprint density at radius 2 is 0.804 bits per heavy atom. The lowest BCUT2D eigenvalue weighted by Crippen LogP contribution is -2.00.